The molecule has 0 amide bonds. The maximum absolute atomic E-state index is 13.0. The van der Waals surface area contributed by atoms with Gasteiger partial charge in [-0.25, -0.2) is 4.39 Å². The van der Waals surface area contributed by atoms with E-state index in [2.05, 4.69) is 4.98 Å². The molecule has 5 heteroatoms. The summed E-state index contributed by atoms with van der Waals surface area (Å²) >= 11 is 5.65. The lowest BCUT2D eigenvalue weighted by molar-refractivity contribution is 0.220. The Morgan fingerprint density at radius 1 is 1.35 bits per heavy atom. The van der Waals surface area contributed by atoms with Gasteiger partial charge in [0.1, 0.15) is 11.9 Å². The van der Waals surface area contributed by atoms with Crippen LogP contribution in [-0.4, -0.2) is 10.1 Å². The monoisotopic (exact) mass is 252 g/mol. The first-order valence-corrected chi connectivity index (χ1v) is 5.30. The lowest BCUT2D eigenvalue weighted by Gasteiger charge is -2.13. The molecule has 17 heavy (non-hydrogen) atoms. The van der Waals surface area contributed by atoms with E-state index in [1.54, 1.807) is 6.07 Å². The number of pyridine rings is 1. The summed E-state index contributed by atoms with van der Waals surface area (Å²) in [6.45, 7) is 0. The van der Waals surface area contributed by atoms with Crippen molar-refractivity contribution in [3.63, 3.8) is 0 Å². The summed E-state index contributed by atoms with van der Waals surface area (Å²) in [5.74, 6) is -0.526. The first kappa shape index (κ1) is 11.8. The lowest BCUT2D eigenvalue weighted by atomic mass is 10.0. The van der Waals surface area contributed by atoms with Gasteiger partial charge in [-0.1, -0.05) is 17.7 Å². The van der Waals surface area contributed by atoms with Crippen molar-refractivity contribution in [1.82, 2.24) is 4.98 Å². The first-order valence-electron chi connectivity index (χ1n) is 4.92. The van der Waals surface area contributed by atoms with E-state index in [9.17, 15) is 9.50 Å². The van der Waals surface area contributed by atoms with Crippen LogP contribution >= 0.6 is 11.6 Å². The zero-order chi connectivity index (χ0) is 12.4. The maximum atomic E-state index is 13.0. The van der Waals surface area contributed by atoms with Crippen LogP contribution in [0.1, 0.15) is 17.2 Å². The number of nitrogens with two attached hydrogens (primary N) is 1. The Kier molecular flexibility index (Phi) is 3.26. The molecule has 0 saturated carbocycles. The molecule has 1 atom stereocenters. The Bertz CT molecular complexity index is 548. The molecule has 0 aliphatic carbocycles. The molecular weight excluding hydrogens is 243 g/mol. The molecule has 0 spiro atoms. The van der Waals surface area contributed by atoms with Gasteiger partial charge in [-0.3, -0.25) is 4.98 Å². The number of anilines is 1. The van der Waals surface area contributed by atoms with Gasteiger partial charge >= 0.3 is 0 Å². The molecule has 1 heterocycles. The molecule has 0 fully saturated rings. The number of aromatic nitrogens is 1. The van der Waals surface area contributed by atoms with Gasteiger partial charge in [0.15, 0.2) is 0 Å². The van der Waals surface area contributed by atoms with Crippen LogP contribution in [0, 0.1) is 5.82 Å². The molecule has 1 aromatic carbocycles. The number of rotatable bonds is 2. The van der Waals surface area contributed by atoms with Crippen LogP contribution in [-0.2, 0) is 0 Å². The van der Waals surface area contributed by atoms with E-state index in [0.29, 0.717) is 16.8 Å². The summed E-state index contributed by atoms with van der Waals surface area (Å²) in [7, 11) is 0. The third-order valence-electron chi connectivity index (χ3n) is 2.44. The van der Waals surface area contributed by atoms with Crippen molar-refractivity contribution in [2.75, 3.05) is 5.73 Å². The second-order valence-corrected chi connectivity index (χ2v) is 3.99. The third-order valence-corrected chi connectivity index (χ3v) is 2.73. The SMILES string of the molecule is Nc1ccncc1C(O)c1ccc(F)c(Cl)c1. The van der Waals surface area contributed by atoms with Crippen LogP contribution < -0.4 is 5.73 Å². The van der Waals surface area contributed by atoms with Gasteiger partial charge in [-0.2, -0.15) is 0 Å². The van der Waals surface area contributed by atoms with E-state index in [1.807, 2.05) is 0 Å². The van der Waals surface area contributed by atoms with Gasteiger partial charge in [-0.05, 0) is 23.8 Å². The normalized spacial score (nSPS) is 12.4. The molecule has 0 bridgehead atoms. The molecule has 0 aliphatic rings. The zero-order valence-electron chi connectivity index (χ0n) is 8.77. The predicted molar refractivity (Wildman–Crippen MR) is 64.1 cm³/mol. The van der Waals surface area contributed by atoms with Crippen LogP contribution in [0.4, 0.5) is 10.1 Å². The Morgan fingerprint density at radius 3 is 2.76 bits per heavy atom. The molecule has 2 rings (SSSR count). The average Bonchev–Trinajstić information content (AvgIpc) is 2.32. The molecule has 1 aromatic heterocycles. The standard InChI is InChI=1S/C12H10ClFN2O/c13-9-5-7(1-2-10(9)14)12(17)8-6-16-4-3-11(8)15/h1-6,12,17H,(H2,15,16). The van der Waals surface area contributed by atoms with Crippen LogP contribution in [0.2, 0.25) is 5.02 Å². The van der Waals surface area contributed by atoms with Crippen LogP contribution in [0.15, 0.2) is 36.7 Å². The summed E-state index contributed by atoms with van der Waals surface area (Å²) in [6, 6.07) is 5.61. The Hall–Kier alpha value is -1.65. The highest BCUT2D eigenvalue weighted by molar-refractivity contribution is 6.30. The van der Waals surface area contributed by atoms with Crippen molar-refractivity contribution in [3.8, 4) is 0 Å². The fourth-order valence-corrected chi connectivity index (χ4v) is 1.70. The number of hydrogen-bond acceptors (Lipinski definition) is 3. The van der Waals surface area contributed by atoms with E-state index >= 15 is 0 Å². The number of aliphatic hydroxyl groups excluding tert-OH is 1. The van der Waals surface area contributed by atoms with Crippen LogP contribution in [0.3, 0.4) is 0 Å². The van der Waals surface area contributed by atoms with Crippen molar-refractivity contribution < 1.29 is 9.50 Å². The topological polar surface area (TPSA) is 59.1 Å². The number of hydrogen-bond donors (Lipinski definition) is 2. The largest absolute Gasteiger partial charge is 0.398 e. The number of nitrogens with zero attached hydrogens (tertiary/aromatic N) is 1. The quantitative estimate of drug-likeness (QED) is 0.864. The lowest BCUT2D eigenvalue weighted by Crippen LogP contribution is -2.04. The third kappa shape index (κ3) is 2.38. The van der Waals surface area contributed by atoms with Gasteiger partial charge in [-0.15, -0.1) is 0 Å². The molecular formula is C12H10ClFN2O. The van der Waals surface area contributed by atoms with Gasteiger partial charge in [0.05, 0.1) is 5.02 Å². The molecule has 3 nitrogen and oxygen atoms in total. The van der Waals surface area contributed by atoms with Gasteiger partial charge in [0, 0.05) is 23.6 Å². The highest BCUT2D eigenvalue weighted by Crippen LogP contribution is 2.28. The van der Waals surface area contributed by atoms with Crippen molar-refractivity contribution in [2.24, 2.45) is 0 Å². The molecule has 3 N–H and O–H groups in total. The Morgan fingerprint density at radius 2 is 2.12 bits per heavy atom. The second kappa shape index (κ2) is 4.69. The van der Waals surface area contributed by atoms with Crippen molar-refractivity contribution >= 4 is 17.3 Å². The van der Waals surface area contributed by atoms with E-state index in [1.165, 1.54) is 30.6 Å². The molecule has 0 radical (unpaired) electrons. The smallest absolute Gasteiger partial charge is 0.141 e. The number of aliphatic hydroxyl groups is 1. The molecule has 0 saturated heterocycles. The summed E-state index contributed by atoms with van der Waals surface area (Å²) in [5.41, 5.74) is 7.08. The molecule has 88 valence electrons. The van der Waals surface area contributed by atoms with Crippen LogP contribution in [0.5, 0.6) is 0 Å². The van der Waals surface area contributed by atoms with E-state index < -0.39 is 11.9 Å². The van der Waals surface area contributed by atoms with Gasteiger partial charge in [0.25, 0.3) is 0 Å². The Labute approximate surface area is 103 Å². The fraction of sp³-hybridized carbons (Fsp3) is 0.0833. The van der Waals surface area contributed by atoms with E-state index in [4.69, 9.17) is 17.3 Å². The van der Waals surface area contributed by atoms with E-state index in [0.717, 1.165) is 0 Å². The maximum Gasteiger partial charge on any atom is 0.141 e. The zero-order valence-corrected chi connectivity index (χ0v) is 9.53. The van der Waals surface area contributed by atoms with Gasteiger partial charge < -0.3 is 10.8 Å². The summed E-state index contributed by atoms with van der Waals surface area (Å²) in [4.78, 5) is 3.89. The number of benzene rings is 1. The molecule has 2 aromatic rings. The highest BCUT2D eigenvalue weighted by atomic mass is 35.5. The summed E-state index contributed by atoms with van der Waals surface area (Å²) < 4.78 is 13.0. The minimum Gasteiger partial charge on any atom is -0.398 e. The molecule has 1 unspecified atom stereocenters. The second-order valence-electron chi connectivity index (χ2n) is 3.58. The molecule has 0 aliphatic heterocycles. The summed E-state index contributed by atoms with van der Waals surface area (Å²) in [6.07, 6.45) is 2.03. The minimum absolute atomic E-state index is 0.0380. The van der Waals surface area contributed by atoms with Crippen LogP contribution in [0.25, 0.3) is 0 Å². The predicted octanol–water partition coefficient (Wildman–Crippen LogP) is 2.54. The summed E-state index contributed by atoms with van der Waals surface area (Å²) in [5, 5.41) is 10.0. The number of nitrogen functional groups attached to an aromatic ring is 1. The fourth-order valence-electron chi connectivity index (χ4n) is 1.51. The van der Waals surface area contributed by atoms with Crippen molar-refractivity contribution in [1.29, 1.82) is 0 Å². The van der Waals surface area contributed by atoms with Crippen molar-refractivity contribution in [2.45, 2.75) is 6.10 Å². The average molecular weight is 253 g/mol. The minimum atomic E-state index is -0.971. The highest BCUT2D eigenvalue weighted by Gasteiger charge is 2.14. The Balaban J connectivity index is 2.40. The van der Waals surface area contributed by atoms with E-state index in [-0.39, 0.29) is 5.02 Å². The van der Waals surface area contributed by atoms with Gasteiger partial charge in [0.2, 0.25) is 0 Å². The number of halogens is 2. The van der Waals surface area contributed by atoms with Crippen molar-refractivity contribution in [3.05, 3.63) is 58.6 Å². The first-order chi connectivity index (χ1) is 8.09.